The summed E-state index contributed by atoms with van der Waals surface area (Å²) in [6.07, 6.45) is 1.71. The van der Waals surface area contributed by atoms with Crippen molar-refractivity contribution in [1.29, 1.82) is 0 Å². The van der Waals surface area contributed by atoms with Gasteiger partial charge in [-0.3, -0.25) is 4.79 Å². The maximum atomic E-state index is 11.1. The fourth-order valence-electron chi connectivity index (χ4n) is 1.99. The highest BCUT2D eigenvalue weighted by Crippen LogP contribution is 2.19. The summed E-state index contributed by atoms with van der Waals surface area (Å²) in [7, 11) is 0. The SMILES string of the molecule is CCCc1cc(C(=O)O)cc(NC(C)(C)CC(N)=O)n1. The largest absolute Gasteiger partial charge is 0.478 e. The highest BCUT2D eigenvalue weighted by Gasteiger charge is 2.21. The van der Waals surface area contributed by atoms with Crippen LogP contribution in [0.1, 0.15) is 49.7 Å². The van der Waals surface area contributed by atoms with Gasteiger partial charge in [0.1, 0.15) is 5.82 Å². The van der Waals surface area contributed by atoms with Gasteiger partial charge in [-0.2, -0.15) is 0 Å². The molecule has 0 bridgehead atoms. The molecule has 0 aliphatic heterocycles. The molecule has 0 fully saturated rings. The Bertz CT molecular complexity index is 512. The van der Waals surface area contributed by atoms with Gasteiger partial charge in [-0.05, 0) is 32.4 Å². The summed E-state index contributed by atoms with van der Waals surface area (Å²) in [5.74, 6) is -0.981. The lowest BCUT2D eigenvalue weighted by atomic mass is 10.00. The van der Waals surface area contributed by atoms with E-state index in [-0.39, 0.29) is 12.0 Å². The molecule has 6 nitrogen and oxygen atoms in total. The molecule has 0 aromatic carbocycles. The fraction of sp³-hybridized carbons (Fsp3) is 0.500. The molecule has 0 spiro atoms. The van der Waals surface area contributed by atoms with Crippen molar-refractivity contribution in [1.82, 2.24) is 4.98 Å². The van der Waals surface area contributed by atoms with Crippen molar-refractivity contribution in [2.75, 3.05) is 5.32 Å². The van der Waals surface area contributed by atoms with Crippen LogP contribution in [0.25, 0.3) is 0 Å². The number of carbonyl (C=O) groups excluding carboxylic acids is 1. The molecule has 0 radical (unpaired) electrons. The maximum Gasteiger partial charge on any atom is 0.335 e. The second kappa shape index (κ2) is 6.36. The van der Waals surface area contributed by atoms with Crippen LogP contribution in [0.5, 0.6) is 0 Å². The van der Waals surface area contributed by atoms with Crippen LogP contribution in [0.3, 0.4) is 0 Å². The zero-order chi connectivity index (χ0) is 15.3. The normalized spacial score (nSPS) is 11.2. The quantitative estimate of drug-likeness (QED) is 0.705. The third-order valence-corrected chi connectivity index (χ3v) is 2.71. The summed E-state index contributed by atoms with van der Waals surface area (Å²) in [4.78, 5) is 26.5. The minimum atomic E-state index is -1.000. The zero-order valence-corrected chi connectivity index (χ0v) is 12.1. The first-order valence-corrected chi connectivity index (χ1v) is 6.54. The number of rotatable bonds is 7. The lowest BCUT2D eigenvalue weighted by molar-refractivity contribution is -0.118. The Balaban J connectivity index is 3.04. The van der Waals surface area contributed by atoms with Crippen LogP contribution in [0, 0.1) is 0 Å². The van der Waals surface area contributed by atoms with Gasteiger partial charge < -0.3 is 16.2 Å². The van der Waals surface area contributed by atoms with Crippen LogP contribution < -0.4 is 11.1 Å². The molecule has 0 saturated carbocycles. The highest BCUT2D eigenvalue weighted by molar-refractivity contribution is 5.88. The van der Waals surface area contributed by atoms with Crippen molar-refractivity contribution in [2.45, 2.75) is 45.6 Å². The Morgan fingerprint density at radius 3 is 2.55 bits per heavy atom. The van der Waals surface area contributed by atoms with Crippen molar-refractivity contribution in [3.63, 3.8) is 0 Å². The van der Waals surface area contributed by atoms with Gasteiger partial charge in [-0.1, -0.05) is 13.3 Å². The molecular weight excluding hydrogens is 258 g/mol. The summed E-state index contributed by atoms with van der Waals surface area (Å²) >= 11 is 0. The van der Waals surface area contributed by atoms with E-state index in [1.54, 1.807) is 6.07 Å². The molecular formula is C14H21N3O3. The van der Waals surface area contributed by atoms with Crippen LogP contribution in [0.15, 0.2) is 12.1 Å². The second-order valence-electron chi connectivity index (χ2n) is 5.44. The molecule has 0 aliphatic rings. The number of aromatic carboxylic acids is 1. The van der Waals surface area contributed by atoms with Gasteiger partial charge in [0.2, 0.25) is 5.91 Å². The average molecular weight is 279 g/mol. The molecule has 0 saturated heterocycles. The summed E-state index contributed by atoms with van der Waals surface area (Å²) in [5.41, 5.74) is 5.50. The molecule has 1 aromatic heterocycles. The van der Waals surface area contributed by atoms with E-state index in [9.17, 15) is 9.59 Å². The topological polar surface area (TPSA) is 105 Å². The van der Waals surface area contributed by atoms with Crippen molar-refractivity contribution in [2.24, 2.45) is 5.73 Å². The Kier molecular flexibility index (Phi) is 5.07. The lowest BCUT2D eigenvalue weighted by Crippen LogP contribution is -2.36. The van der Waals surface area contributed by atoms with Gasteiger partial charge in [0.25, 0.3) is 0 Å². The van der Waals surface area contributed by atoms with Crippen LogP contribution in [-0.2, 0) is 11.2 Å². The van der Waals surface area contributed by atoms with Crippen LogP contribution in [0.4, 0.5) is 5.82 Å². The van der Waals surface area contributed by atoms with Crippen molar-refractivity contribution in [3.8, 4) is 0 Å². The molecule has 0 unspecified atom stereocenters. The summed E-state index contributed by atoms with van der Waals surface area (Å²) in [6.45, 7) is 5.62. The number of aryl methyl sites for hydroxylation is 1. The summed E-state index contributed by atoms with van der Waals surface area (Å²) in [6, 6.07) is 3.03. The summed E-state index contributed by atoms with van der Waals surface area (Å²) < 4.78 is 0. The summed E-state index contributed by atoms with van der Waals surface area (Å²) in [5, 5.41) is 12.2. The molecule has 1 aromatic rings. The molecule has 0 aliphatic carbocycles. The van der Waals surface area contributed by atoms with Crippen molar-refractivity contribution < 1.29 is 14.7 Å². The van der Waals surface area contributed by atoms with Crippen molar-refractivity contribution >= 4 is 17.7 Å². The smallest absolute Gasteiger partial charge is 0.335 e. The molecule has 1 heterocycles. The lowest BCUT2D eigenvalue weighted by Gasteiger charge is -2.25. The van der Waals surface area contributed by atoms with Crippen LogP contribution in [0.2, 0.25) is 0 Å². The van der Waals surface area contributed by atoms with E-state index >= 15 is 0 Å². The number of carboxylic acids is 1. The predicted molar refractivity (Wildman–Crippen MR) is 76.7 cm³/mol. The number of pyridine rings is 1. The zero-order valence-electron chi connectivity index (χ0n) is 12.1. The number of aromatic nitrogens is 1. The van der Waals surface area contributed by atoms with Gasteiger partial charge in [-0.25, -0.2) is 9.78 Å². The number of nitrogens with one attached hydrogen (secondary N) is 1. The molecule has 20 heavy (non-hydrogen) atoms. The van der Waals surface area contributed by atoms with Crippen LogP contribution >= 0.6 is 0 Å². The van der Waals surface area contributed by atoms with Crippen LogP contribution in [-0.4, -0.2) is 27.5 Å². The van der Waals surface area contributed by atoms with E-state index in [0.717, 1.165) is 6.42 Å². The third kappa shape index (κ3) is 4.87. The van der Waals surface area contributed by atoms with Gasteiger partial charge in [-0.15, -0.1) is 0 Å². The molecule has 0 atom stereocenters. The molecule has 1 amide bonds. The Hall–Kier alpha value is -2.11. The van der Waals surface area contributed by atoms with E-state index in [2.05, 4.69) is 10.3 Å². The first-order valence-electron chi connectivity index (χ1n) is 6.54. The van der Waals surface area contributed by atoms with E-state index in [0.29, 0.717) is 17.9 Å². The predicted octanol–water partition coefficient (Wildman–Crippen LogP) is 1.80. The monoisotopic (exact) mass is 279 g/mol. The minimum Gasteiger partial charge on any atom is -0.478 e. The van der Waals surface area contributed by atoms with E-state index < -0.39 is 17.4 Å². The van der Waals surface area contributed by atoms with Gasteiger partial charge in [0.15, 0.2) is 0 Å². The van der Waals surface area contributed by atoms with Gasteiger partial charge in [0.05, 0.1) is 5.56 Å². The fourth-order valence-corrected chi connectivity index (χ4v) is 1.99. The second-order valence-corrected chi connectivity index (χ2v) is 5.44. The number of carbonyl (C=O) groups is 2. The number of primary amides is 1. The van der Waals surface area contributed by atoms with E-state index in [1.807, 2.05) is 20.8 Å². The minimum absolute atomic E-state index is 0.134. The van der Waals surface area contributed by atoms with Gasteiger partial charge in [0, 0.05) is 17.7 Å². The standard InChI is InChI=1S/C14H21N3O3/c1-4-5-10-6-9(13(19)20)7-12(16-10)17-14(2,3)8-11(15)18/h6-7H,4-5,8H2,1-3H3,(H2,15,18)(H,16,17)(H,19,20). The molecule has 4 N–H and O–H groups in total. The average Bonchev–Trinajstić information content (AvgIpc) is 2.26. The van der Waals surface area contributed by atoms with Gasteiger partial charge >= 0.3 is 5.97 Å². The molecule has 110 valence electrons. The Morgan fingerprint density at radius 1 is 1.40 bits per heavy atom. The molecule has 1 rings (SSSR count). The number of nitrogens with zero attached hydrogens (tertiary/aromatic N) is 1. The molecule has 6 heteroatoms. The number of carboxylic acid groups (broad SMARTS) is 1. The third-order valence-electron chi connectivity index (χ3n) is 2.71. The van der Waals surface area contributed by atoms with E-state index in [1.165, 1.54) is 6.07 Å². The van der Waals surface area contributed by atoms with Crippen molar-refractivity contribution in [3.05, 3.63) is 23.4 Å². The highest BCUT2D eigenvalue weighted by atomic mass is 16.4. The number of amides is 1. The first kappa shape index (κ1) is 15.9. The number of nitrogens with two attached hydrogens (primary N) is 1. The number of hydrogen-bond donors (Lipinski definition) is 3. The Labute approximate surface area is 118 Å². The number of anilines is 1. The Morgan fingerprint density at radius 2 is 2.05 bits per heavy atom. The van der Waals surface area contributed by atoms with E-state index in [4.69, 9.17) is 10.8 Å². The maximum absolute atomic E-state index is 11.1. The first-order chi connectivity index (χ1) is 9.23. The number of hydrogen-bond acceptors (Lipinski definition) is 4.